The highest BCUT2D eigenvalue weighted by Gasteiger charge is 2.54. The number of nitrogens with zero attached hydrogens (tertiary/aromatic N) is 4. The summed E-state index contributed by atoms with van der Waals surface area (Å²) in [5.74, 6) is -1.20. The van der Waals surface area contributed by atoms with Crippen LogP contribution in [0.1, 0.15) is 40.5 Å². The Morgan fingerprint density at radius 3 is 1.36 bits per heavy atom. The number of benzene rings is 2. The molecule has 0 N–H and O–H groups in total. The van der Waals surface area contributed by atoms with E-state index in [0.29, 0.717) is 10.0 Å². The van der Waals surface area contributed by atoms with Crippen molar-refractivity contribution in [2.75, 3.05) is 61.1 Å². The molecule has 0 amide bonds. The van der Waals surface area contributed by atoms with E-state index in [9.17, 15) is 26.4 Å². The van der Waals surface area contributed by atoms with Gasteiger partial charge in [-0.25, -0.2) is 0 Å². The summed E-state index contributed by atoms with van der Waals surface area (Å²) >= 11 is 36.7. The maximum atomic E-state index is 13.1. The number of anilines is 2. The summed E-state index contributed by atoms with van der Waals surface area (Å²) in [7, 11) is -7.97. The van der Waals surface area contributed by atoms with E-state index in [4.69, 9.17) is 79.1 Å². The molecular weight excluding hydrogens is 821 g/mol. The van der Waals surface area contributed by atoms with Crippen LogP contribution in [-0.2, 0) is 39.5 Å². The number of rotatable bonds is 8. The fourth-order valence-electron chi connectivity index (χ4n) is 5.65. The van der Waals surface area contributed by atoms with E-state index in [0.717, 1.165) is 25.8 Å². The zero-order valence-electron chi connectivity index (χ0n) is 27.5. The lowest BCUT2D eigenvalue weighted by Gasteiger charge is -2.44. The van der Waals surface area contributed by atoms with Gasteiger partial charge in [0.2, 0.25) is 0 Å². The molecule has 0 bridgehead atoms. The second kappa shape index (κ2) is 15.9. The molecule has 0 aromatic heterocycles. The summed E-state index contributed by atoms with van der Waals surface area (Å²) in [5.41, 5.74) is -0.296. The molecule has 0 atom stereocenters. The standard InChI is InChI=1S/C15H17Cl3N2O4S.C15H19Cl3N2O4S/c1-2-24-13(21)7-19-8-15(3-4-15)9-20(25(19,22)23)14-11(17)5-10(16)6-12(14)18;1-4-24-13(21)7-19-8-15(2,3)9-20(25(19,22)23)14-11(17)5-10(16)6-12(14)18/h5-6H,2-4,7-9H2,1H3;5-6H,4,7-9H2,1-3H3. The van der Waals surface area contributed by atoms with Crippen molar-refractivity contribution in [2.45, 2.75) is 40.5 Å². The topological polar surface area (TPSA) is 134 Å². The van der Waals surface area contributed by atoms with Crippen molar-refractivity contribution in [2.24, 2.45) is 10.8 Å². The minimum absolute atomic E-state index is 0.120. The van der Waals surface area contributed by atoms with Crippen LogP contribution in [0.4, 0.5) is 11.4 Å². The van der Waals surface area contributed by atoms with E-state index in [1.54, 1.807) is 13.8 Å². The van der Waals surface area contributed by atoms with Crippen molar-refractivity contribution in [1.29, 1.82) is 0 Å². The number of hydrogen-bond donors (Lipinski definition) is 0. The molecule has 2 heterocycles. The summed E-state index contributed by atoms with van der Waals surface area (Å²) in [6, 6.07) is 5.75. The summed E-state index contributed by atoms with van der Waals surface area (Å²) in [6.45, 7) is 7.67. The first kappa shape index (κ1) is 41.3. The maximum Gasteiger partial charge on any atom is 0.321 e. The lowest BCUT2D eigenvalue weighted by atomic mass is 9.93. The van der Waals surface area contributed by atoms with E-state index in [1.165, 1.54) is 28.6 Å². The molecule has 2 aliphatic heterocycles. The molecular formula is C30H36Cl6N4O8S2. The van der Waals surface area contributed by atoms with Gasteiger partial charge in [0.1, 0.15) is 13.1 Å². The monoisotopic (exact) mass is 854 g/mol. The van der Waals surface area contributed by atoms with E-state index >= 15 is 0 Å². The van der Waals surface area contributed by atoms with Gasteiger partial charge in [-0.3, -0.25) is 18.2 Å². The third-order valence-corrected chi connectivity index (χ3v) is 13.2. The number of hydrogen-bond acceptors (Lipinski definition) is 8. The molecule has 3 aliphatic rings. The van der Waals surface area contributed by atoms with Crippen LogP contribution in [0.2, 0.25) is 30.1 Å². The molecule has 1 saturated carbocycles. The molecule has 0 radical (unpaired) electrons. The largest absolute Gasteiger partial charge is 0.465 e. The lowest BCUT2D eigenvalue weighted by Crippen LogP contribution is -2.58. The van der Waals surface area contributed by atoms with E-state index in [2.05, 4.69) is 0 Å². The van der Waals surface area contributed by atoms with Crippen LogP contribution in [0.3, 0.4) is 0 Å². The predicted octanol–water partition coefficient (Wildman–Crippen LogP) is 6.96. The summed E-state index contributed by atoms with van der Waals surface area (Å²) in [5, 5.41) is 1.16. The van der Waals surface area contributed by atoms with Crippen LogP contribution in [-0.4, -0.2) is 89.9 Å². The van der Waals surface area contributed by atoms with Gasteiger partial charge in [0.15, 0.2) is 0 Å². The van der Waals surface area contributed by atoms with E-state index < -0.39 is 37.8 Å². The van der Waals surface area contributed by atoms with Crippen molar-refractivity contribution in [1.82, 2.24) is 8.61 Å². The number of carbonyl (C=O) groups excluding carboxylic acids is 2. The highest BCUT2D eigenvalue weighted by Crippen LogP contribution is 2.53. The molecule has 50 heavy (non-hydrogen) atoms. The fourth-order valence-corrected chi connectivity index (χ4v) is 11.7. The van der Waals surface area contributed by atoms with Gasteiger partial charge in [-0.15, -0.1) is 0 Å². The molecule has 2 aromatic carbocycles. The highest BCUT2D eigenvalue weighted by atomic mass is 35.5. The fraction of sp³-hybridized carbons (Fsp3) is 0.533. The Morgan fingerprint density at radius 2 is 1.00 bits per heavy atom. The Labute approximate surface area is 322 Å². The third-order valence-electron chi connectivity index (χ3n) is 8.02. The molecule has 2 saturated heterocycles. The van der Waals surface area contributed by atoms with Crippen molar-refractivity contribution in [3.8, 4) is 0 Å². The van der Waals surface area contributed by atoms with Crippen LogP contribution in [0, 0.1) is 10.8 Å². The van der Waals surface area contributed by atoms with Gasteiger partial charge in [0, 0.05) is 41.6 Å². The number of carbonyl (C=O) groups is 2. The number of ether oxygens (including phenoxy) is 2. The average Bonchev–Trinajstić information content (AvgIpc) is 3.72. The Morgan fingerprint density at radius 1 is 0.640 bits per heavy atom. The third kappa shape index (κ3) is 9.36. The number of esters is 2. The molecule has 1 aliphatic carbocycles. The molecule has 20 heteroatoms. The second-order valence-corrected chi connectivity index (χ2v) is 19.0. The zero-order chi connectivity index (χ0) is 37.4. The SMILES string of the molecule is CCOC(=O)CN1CC(C)(C)CN(c2c(Cl)cc(Cl)cc2Cl)S1(=O)=O.CCOC(=O)CN1CC2(CC2)CN(c2c(Cl)cc(Cl)cc2Cl)S1(=O)=O. The normalized spacial score (nSPS) is 20.5. The minimum atomic E-state index is -4.01. The van der Waals surface area contributed by atoms with Gasteiger partial charge in [-0.1, -0.05) is 83.5 Å². The highest BCUT2D eigenvalue weighted by molar-refractivity contribution is 7.91. The van der Waals surface area contributed by atoms with Gasteiger partial charge in [-0.2, -0.15) is 25.4 Å². The Balaban J connectivity index is 0.000000225. The summed E-state index contributed by atoms with van der Waals surface area (Å²) in [4.78, 5) is 23.7. The first-order chi connectivity index (χ1) is 23.2. The van der Waals surface area contributed by atoms with Crippen molar-refractivity contribution >= 4 is 113 Å². The predicted molar refractivity (Wildman–Crippen MR) is 197 cm³/mol. The maximum absolute atomic E-state index is 13.1. The first-order valence-corrected chi connectivity index (χ1v) is 20.4. The van der Waals surface area contributed by atoms with Gasteiger partial charge in [-0.05, 0) is 56.4 Å². The Hall–Kier alpha value is -1.46. The zero-order valence-corrected chi connectivity index (χ0v) is 33.7. The minimum Gasteiger partial charge on any atom is -0.465 e. The van der Waals surface area contributed by atoms with Crippen molar-refractivity contribution in [3.05, 3.63) is 54.4 Å². The Kier molecular flexibility index (Phi) is 13.1. The van der Waals surface area contributed by atoms with Crippen LogP contribution in [0.15, 0.2) is 24.3 Å². The van der Waals surface area contributed by atoms with Crippen molar-refractivity contribution in [3.63, 3.8) is 0 Å². The van der Waals surface area contributed by atoms with Gasteiger partial charge in [0.05, 0.1) is 44.7 Å². The molecule has 5 rings (SSSR count). The second-order valence-electron chi connectivity index (χ2n) is 12.8. The van der Waals surface area contributed by atoms with Gasteiger partial charge >= 0.3 is 32.4 Å². The first-order valence-electron chi connectivity index (χ1n) is 15.3. The summed E-state index contributed by atoms with van der Waals surface area (Å²) < 4.78 is 66.5. The Bertz CT molecular complexity index is 1690. The van der Waals surface area contributed by atoms with E-state index in [1.807, 2.05) is 13.8 Å². The van der Waals surface area contributed by atoms with Crippen LogP contribution in [0.25, 0.3) is 0 Å². The molecule has 12 nitrogen and oxygen atoms in total. The molecule has 1 spiro atoms. The van der Waals surface area contributed by atoms with Crippen LogP contribution < -0.4 is 8.61 Å². The van der Waals surface area contributed by atoms with Gasteiger partial charge in [0.25, 0.3) is 0 Å². The van der Waals surface area contributed by atoms with E-state index in [-0.39, 0.29) is 89.4 Å². The smallest absolute Gasteiger partial charge is 0.321 e. The molecule has 3 fully saturated rings. The van der Waals surface area contributed by atoms with Gasteiger partial charge < -0.3 is 9.47 Å². The summed E-state index contributed by atoms with van der Waals surface area (Å²) in [6.07, 6.45) is 1.75. The van der Waals surface area contributed by atoms with Crippen LogP contribution in [0.5, 0.6) is 0 Å². The van der Waals surface area contributed by atoms with Crippen LogP contribution >= 0.6 is 69.6 Å². The number of halogens is 6. The quantitative estimate of drug-likeness (QED) is 0.261. The lowest BCUT2D eigenvalue weighted by molar-refractivity contribution is -0.144. The van der Waals surface area contributed by atoms with Crippen molar-refractivity contribution < 1.29 is 35.9 Å². The molecule has 0 unspecified atom stereocenters. The molecule has 278 valence electrons. The average molecular weight is 857 g/mol. The molecule has 2 aromatic rings.